The third kappa shape index (κ3) is 3.77. The van der Waals surface area contributed by atoms with Crippen LogP contribution in [0, 0.1) is 0 Å². The van der Waals surface area contributed by atoms with Crippen LogP contribution in [-0.4, -0.2) is 27.1 Å². The Morgan fingerprint density at radius 2 is 1.48 bits per heavy atom. The molecule has 0 radical (unpaired) electrons. The normalized spacial score (nSPS) is 13.0. The molecular weight excluding hydrogens is 318 g/mol. The molecule has 0 saturated heterocycles. The third-order valence-electron chi connectivity index (χ3n) is 4.01. The molecule has 2 aromatic carbocycles. The number of rotatable bonds is 5. The van der Waals surface area contributed by atoms with Crippen LogP contribution in [0.2, 0.25) is 0 Å². The van der Waals surface area contributed by atoms with E-state index in [1.807, 2.05) is 29.5 Å². The molecule has 0 aliphatic carbocycles. The van der Waals surface area contributed by atoms with Crippen LogP contribution in [0.5, 0.6) is 0 Å². The molecule has 1 aliphatic rings. The molecule has 5 heteroatoms. The fourth-order valence-electron chi connectivity index (χ4n) is 2.75. The fourth-order valence-corrected chi connectivity index (χ4v) is 2.75. The van der Waals surface area contributed by atoms with Gasteiger partial charge < -0.3 is 15.1 Å². The second-order valence-corrected chi connectivity index (χ2v) is 5.74. The van der Waals surface area contributed by atoms with Crippen LogP contribution < -0.4 is 0 Å². The maximum absolute atomic E-state index is 11.3. The van der Waals surface area contributed by atoms with E-state index < -0.39 is 11.9 Å². The monoisotopic (exact) mass is 335 g/mol. The van der Waals surface area contributed by atoms with Gasteiger partial charge in [-0.05, 0) is 47.4 Å². The van der Waals surface area contributed by atoms with Crippen molar-refractivity contribution in [2.24, 2.45) is 0 Å². The molecule has 0 spiro atoms. The number of carbonyl (C=O) groups is 2. The van der Waals surface area contributed by atoms with Crippen molar-refractivity contribution in [2.45, 2.75) is 13.0 Å². The van der Waals surface area contributed by atoms with Crippen LogP contribution in [0.4, 0.5) is 0 Å². The largest absolute Gasteiger partial charge is 0.478 e. The van der Waals surface area contributed by atoms with Gasteiger partial charge in [0.25, 0.3) is 0 Å². The average Bonchev–Trinajstić information content (AvgIpc) is 2.62. The van der Waals surface area contributed by atoms with Crippen LogP contribution in [0.15, 0.2) is 67.0 Å². The van der Waals surface area contributed by atoms with Crippen molar-refractivity contribution in [2.75, 3.05) is 0 Å². The van der Waals surface area contributed by atoms with Gasteiger partial charge in [0.05, 0.1) is 11.1 Å². The predicted molar refractivity (Wildman–Crippen MR) is 94.2 cm³/mol. The Balaban J connectivity index is 2.00. The molecule has 126 valence electrons. The number of benzene rings is 2. The van der Waals surface area contributed by atoms with E-state index in [2.05, 4.69) is 0 Å². The summed E-state index contributed by atoms with van der Waals surface area (Å²) in [5.41, 5.74) is 3.04. The highest BCUT2D eigenvalue weighted by Crippen LogP contribution is 2.27. The minimum absolute atomic E-state index is 0.217. The van der Waals surface area contributed by atoms with Crippen LogP contribution >= 0.6 is 0 Å². The molecule has 25 heavy (non-hydrogen) atoms. The maximum Gasteiger partial charge on any atom is 0.335 e. The van der Waals surface area contributed by atoms with Crippen molar-refractivity contribution in [3.8, 4) is 11.1 Å². The zero-order valence-corrected chi connectivity index (χ0v) is 13.4. The summed E-state index contributed by atoms with van der Waals surface area (Å²) in [7, 11) is 0. The lowest BCUT2D eigenvalue weighted by molar-refractivity contribution is 0.0686. The molecule has 2 aromatic rings. The lowest BCUT2D eigenvalue weighted by Crippen LogP contribution is -2.12. The molecular formula is C20H17NO4. The van der Waals surface area contributed by atoms with E-state index in [0.717, 1.165) is 23.1 Å². The van der Waals surface area contributed by atoms with Crippen molar-refractivity contribution < 1.29 is 19.8 Å². The quantitative estimate of drug-likeness (QED) is 0.864. The Morgan fingerprint density at radius 3 is 2.08 bits per heavy atom. The molecule has 0 unspecified atom stereocenters. The molecule has 0 bridgehead atoms. The molecule has 1 aliphatic heterocycles. The van der Waals surface area contributed by atoms with Gasteiger partial charge >= 0.3 is 11.9 Å². The SMILES string of the molecule is O=C(O)c1ccc(-c2ccc(C(=O)O)cc2CN2C=CCC=C2)cc1. The molecule has 5 nitrogen and oxygen atoms in total. The number of allylic oxidation sites excluding steroid dienone is 2. The van der Waals surface area contributed by atoms with E-state index in [-0.39, 0.29) is 11.1 Å². The summed E-state index contributed by atoms with van der Waals surface area (Å²) in [6.07, 6.45) is 8.87. The number of nitrogens with zero attached hydrogens (tertiary/aromatic N) is 1. The zero-order chi connectivity index (χ0) is 17.8. The van der Waals surface area contributed by atoms with Gasteiger partial charge in [0.2, 0.25) is 0 Å². The summed E-state index contributed by atoms with van der Waals surface area (Å²) in [6, 6.07) is 11.6. The Labute approximate surface area is 145 Å². The predicted octanol–water partition coefficient (Wildman–Crippen LogP) is 3.98. The Morgan fingerprint density at radius 1 is 0.880 bits per heavy atom. The highest BCUT2D eigenvalue weighted by atomic mass is 16.4. The minimum Gasteiger partial charge on any atom is -0.478 e. The van der Waals surface area contributed by atoms with Gasteiger partial charge in [-0.25, -0.2) is 9.59 Å². The summed E-state index contributed by atoms with van der Waals surface area (Å²) in [4.78, 5) is 24.3. The molecule has 1 heterocycles. The van der Waals surface area contributed by atoms with Gasteiger partial charge in [-0.15, -0.1) is 0 Å². The number of carboxylic acid groups (broad SMARTS) is 2. The van der Waals surface area contributed by atoms with Crippen LogP contribution in [-0.2, 0) is 6.54 Å². The van der Waals surface area contributed by atoms with Gasteiger partial charge in [0.15, 0.2) is 0 Å². The van der Waals surface area contributed by atoms with Gasteiger partial charge in [-0.2, -0.15) is 0 Å². The molecule has 0 amide bonds. The van der Waals surface area contributed by atoms with Crippen molar-refractivity contribution in [3.05, 3.63) is 83.7 Å². The topological polar surface area (TPSA) is 77.8 Å². The summed E-state index contributed by atoms with van der Waals surface area (Å²) in [5, 5.41) is 18.3. The third-order valence-corrected chi connectivity index (χ3v) is 4.01. The first kappa shape index (κ1) is 16.5. The fraction of sp³-hybridized carbons (Fsp3) is 0.100. The summed E-state index contributed by atoms with van der Waals surface area (Å²) in [5.74, 6) is -1.95. The van der Waals surface area contributed by atoms with Crippen molar-refractivity contribution in [1.82, 2.24) is 4.90 Å². The smallest absolute Gasteiger partial charge is 0.335 e. The number of aromatic carboxylic acids is 2. The van der Waals surface area contributed by atoms with Crippen LogP contribution in [0.3, 0.4) is 0 Å². The molecule has 0 fully saturated rings. The lowest BCUT2D eigenvalue weighted by atomic mass is 9.96. The highest BCUT2D eigenvalue weighted by Gasteiger charge is 2.13. The first-order valence-corrected chi connectivity index (χ1v) is 7.83. The average molecular weight is 335 g/mol. The van der Waals surface area contributed by atoms with Crippen molar-refractivity contribution in [3.63, 3.8) is 0 Å². The minimum atomic E-state index is -0.975. The standard InChI is InChI=1S/C20H17NO4/c22-19(23)15-6-4-14(5-7-15)18-9-8-16(20(24)25)12-17(18)13-21-10-2-1-3-11-21/h2-12H,1,13H2,(H,22,23)(H,24,25). The van der Waals surface area contributed by atoms with E-state index in [0.29, 0.717) is 6.54 Å². The number of hydrogen-bond acceptors (Lipinski definition) is 3. The molecule has 2 N–H and O–H groups in total. The van der Waals surface area contributed by atoms with E-state index >= 15 is 0 Å². The van der Waals surface area contributed by atoms with Gasteiger partial charge in [0.1, 0.15) is 0 Å². The van der Waals surface area contributed by atoms with E-state index in [1.54, 1.807) is 42.5 Å². The van der Waals surface area contributed by atoms with E-state index in [4.69, 9.17) is 5.11 Å². The summed E-state index contributed by atoms with van der Waals surface area (Å²) < 4.78 is 0. The van der Waals surface area contributed by atoms with Gasteiger partial charge in [-0.1, -0.05) is 30.4 Å². The molecule has 0 atom stereocenters. The second-order valence-electron chi connectivity index (χ2n) is 5.74. The van der Waals surface area contributed by atoms with Crippen LogP contribution in [0.1, 0.15) is 32.7 Å². The molecule has 0 aromatic heterocycles. The highest BCUT2D eigenvalue weighted by molar-refractivity contribution is 5.90. The lowest BCUT2D eigenvalue weighted by Gasteiger charge is -2.20. The number of carboxylic acids is 2. The second kappa shape index (κ2) is 7.05. The Hall–Kier alpha value is -3.34. The van der Waals surface area contributed by atoms with Crippen molar-refractivity contribution >= 4 is 11.9 Å². The number of hydrogen-bond donors (Lipinski definition) is 2. The summed E-state index contributed by atoms with van der Waals surface area (Å²) in [6.45, 7) is 0.532. The van der Waals surface area contributed by atoms with Crippen LogP contribution in [0.25, 0.3) is 11.1 Å². The molecule has 0 saturated carbocycles. The first-order chi connectivity index (χ1) is 12.0. The first-order valence-electron chi connectivity index (χ1n) is 7.83. The summed E-state index contributed by atoms with van der Waals surface area (Å²) >= 11 is 0. The van der Waals surface area contributed by atoms with Gasteiger partial charge in [-0.3, -0.25) is 0 Å². The maximum atomic E-state index is 11.3. The Bertz CT molecular complexity index is 854. The van der Waals surface area contributed by atoms with E-state index in [1.165, 1.54) is 0 Å². The zero-order valence-electron chi connectivity index (χ0n) is 13.4. The van der Waals surface area contributed by atoms with Crippen molar-refractivity contribution in [1.29, 1.82) is 0 Å². The van der Waals surface area contributed by atoms with Gasteiger partial charge in [0, 0.05) is 18.9 Å². The molecule has 3 rings (SSSR count). The van der Waals surface area contributed by atoms with E-state index in [9.17, 15) is 14.7 Å². The Kier molecular flexibility index (Phi) is 4.66.